The van der Waals surface area contributed by atoms with E-state index in [0.29, 0.717) is 22.5 Å². The molecule has 4 N–H and O–H groups in total. The maximum atomic E-state index is 12.6. The number of aromatic nitrogens is 2. The van der Waals surface area contributed by atoms with Crippen LogP contribution in [-0.2, 0) is 0 Å². The first-order valence-electron chi connectivity index (χ1n) is 9.44. The van der Waals surface area contributed by atoms with Gasteiger partial charge in [0.05, 0.1) is 5.69 Å². The number of nitrogens with zero attached hydrogens (tertiary/aromatic N) is 2. The average molecular weight is 429 g/mol. The van der Waals surface area contributed by atoms with Crippen molar-refractivity contribution in [1.82, 2.24) is 9.97 Å². The summed E-state index contributed by atoms with van der Waals surface area (Å²) in [5.74, 6) is -0.332. The number of alkyl halides is 3. The van der Waals surface area contributed by atoms with Crippen molar-refractivity contribution in [2.24, 2.45) is 0 Å². The normalized spacial score (nSPS) is 13.5. The maximum Gasteiger partial charge on any atom is 0.573 e. The van der Waals surface area contributed by atoms with E-state index in [1.165, 1.54) is 30.3 Å². The number of halogens is 3. The molecule has 1 saturated carbocycles. The van der Waals surface area contributed by atoms with E-state index in [-0.39, 0.29) is 23.6 Å². The number of rotatable bonds is 6. The van der Waals surface area contributed by atoms with Crippen LogP contribution in [0.1, 0.15) is 23.2 Å². The van der Waals surface area contributed by atoms with Crippen LogP contribution >= 0.6 is 0 Å². The van der Waals surface area contributed by atoms with Crippen LogP contribution in [0.3, 0.4) is 0 Å². The topological polar surface area (TPSA) is 102 Å². The largest absolute Gasteiger partial charge is 0.573 e. The summed E-state index contributed by atoms with van der Waals surface area (Å²) in [4.78, 5) is 21.3. The molecule has 0 radical (unpaired) electrons. The van der Waals surface area contributed by atoms with E-state index >= 15 is 0 Å². The van der Waals surface area contributed by atoms with E-state index in [2.05, 4.69) is 25.3 Å². The molecule has 10 heteroatoms. The summed E-state index contributed by atoms with van der Waals surface area (Å²) >= 11 is 0. The van der Waals surface area contributed by atoms with Gasteiger partial charge in [0, 0.05) is 28.9 Å². The summed E-state index contributed by atoms with van der Waals surface area (Å²) in [5.41, 5.74) is 7.21. The number of amides is 1. The number of hydrogen-bond acceptors (Lipinski definition) is 6. The molecule has 1 aliphatic carbocycles. The van der Waals surface area contributed by atoms with Gasteiger partial charge in [-0.15, -0.1) is 13.2 Å². The van der Waals surface area contributed by atoms with Crippen molar-refractivity contribution in [2.75, 3.05) is 16.4 Å². The highest BCUT2D eigenvalue weighted by atomic mass is 19.4. The Kier molecular flexibility index (Phi) is 5.37. The van der Waals surface area contributed by atoms with Gasteiger partial charge in [0.25, 0.3) is 5.91 Å². The van der Waals surface area contributed by atoms with Gasteiger partial charge in [-0.25, -0.2) is 4.98 Å². The Bertz CT molecular complexity index is 1120. The van der Waals surface area contributed by atoms with Crippen LogP contribution < -0.4 is 21.1 Å². The van der Waals surface area contributed by atoms with Crippen LogP contribution in [0.5, 0.6) is 5.75 Å². The van der Waals surface area contributed by atoms with Gasteiger partial charge in [-0.2, -0.15) is 4.98 Å². The minimum Gasteiger partial charge on any atom is -0.406 e. The third-order valence-corrected chi connectivity index (χ3v) is 4.39. The molecule has 4 rings (SSSR count). The van der Waals surface area contributed by atoms with Crippen molar-refractivity contribution in [2.45, 2.75) is 25.2 Å². The fourth-order valence-electron chi connectivity index (χ4n) is 2.85. The number of carbonyl (C=O) groups is 1. The molecule has 160 valence electrons. The number of hydrogen-bond donors (Lipinski definition) is 3. The molecule has 7 nitrogen and oxygen atoms in total. The Morgan fingerprint density at radius 3 is 2.55 bits per heavy atom. The lowest BCUT2D eigenvalue weighted by atomic mass is 10.1. The summed E-state index contributed by atoms with van der Waals surface area (Å²) in [6, 6.07) is 13.6. The quantitative estimate of drug-likeness (QED) is 0.501. The Balaban J connectivity index is 1.65. The second-order valence-corrected chi connectivity index (χ2v) is 7.04. The molecule has 31 heavy (non-hydrogen) atoms. The van der Waals surface area contributed by atoms with E-state index in [1.54, 1.807) is 24.3 Å². The first-order valence-corrected chi connectivity index (χ1v) is 9.44. The molecular formula is C21H18F3N5O2. The zero-order valence-corrected chi connectivity index (χ0v) is 16.1. The van der Waals surface area contributed by atoms with Crippen molar-refractivity contribution in [1.29, 1.82) is 0 Å². The van der Waals surface area contributed by atoms with Gasteiger partial charge < -0.3 is 21.1 Å². The SMILES string of the molecule is Nc1cccc(C(=O)Nc2cc(-c3cccc(OC(F)(F)F)c3)nc(NC3CC3)n2)c1. The van der Waals surface area contributed by atoms with Crippen LogP contribution in [0, 0.1) is 0 Å². The van der Waals surface area contributed by atoms with Gasteiger partial charge >= 0.3 is 6.36 Å². The number of nitrogens with one attached hydrogen (secondary N) is 2. The number of ether oxygens (including phenoxy) is 1. The van der Waals surface area contributed by atoms with Crippen molar-refractivity contribution in [3.05, 3.63) is 60.2 Å². The molecule has 0 spiro atoms. The summed E-state index contributed by atoms with van der Waals surface area (Å²) in [5, 5.41) is 5.82. The third kappa shape index (κ3) is 5.62. The number of anilines is 3. The van der Waals surface area contributed by atoms with Crippen LogP contribution in [-0.4, -0.2) is 28.3 Å². The van der Waals surface area contributed by atoms with Crippen molar-refractivity contribution in [3.8, 4) is 17.0 Å². The molecule has 0 saturated heterocycles. The number of nitrogen functional groups attached to an aromatic ring is 1. The van der Waals surface area contributed by atoms with Crippen molar-refractivity contribution < 1.29 is 22.7 Å². The predicted octanol–water partition coefficient (Wildman–Crippen LogP) is 4.45. The summed E-state index contributed by atoms with van der Waals surface area (Å²) < 4.78 is 41.7. The first-order chi connectivity index (χ1) is 14.7. The van der Waals surface area contributed by atoms with E-state index in [1.807, 2.05) is 0 Å². The molecule has 0 atom stereocenters. The summed E-state index contributed by atoms with van der Waals surface area (Å²) in [6.45, 7) is 0. The fourth-order valence-corrected chi connectivity index (χ4v) is 2.85. The highest BCUT2D eigenvalue weighted by Crippen LogP contribution is 2.30. The van der Waals surface area contributed by atoms with E-state index in [9.17, 15) is 18.0 Å². The van der Waals surface area contributed by atoms with Crippen LogP contribution in [0.15, 0.2) is 54.6 Å². The lowest BCUT2D eigenvalue weighted by Gasteiger charge is -2.12. The highest BCUT2D eigenvalue weighted by Gasteiger charge is 2.31. The molecule has 3 aromatic rings. The molecule has 1 amide bonds. The standard InChI is InChI=1S/C21H18F3N5O2/c22-21(23,24)31-16-6-2-3-12(10-16)17-11-18(29-20(27-17)26-15-7-8-15)28-19(30)13-4-1-5-14(25)9-13/h1-6,9-11,15H,7-8,25H2,(H2,26,27,28,29,30). The van der Waals surface area contributed by atoms with E-state index in [4.69, 9.17) is 5.73 Å². The Morgan fingerprint density at radius 2 is 1.84 bits per heavy atom. The van der Waals surface area contributed by atoms with Gasteiger partial charge in [-0.3, -0.25) is 4.79 Å². The molecule has 1 heterocycles. The Hall–Kier alpha value is -3.82. The second-order valence-electron chi connectivity index (χ2n) is 7.04. The molecule has 2 aromatic carbocycles. The maximum absolute atomic E-state index is 12.6. The van der Waals surface area contributed by atoms with Gasteiger partial charge in [-0.05, 0) is 43.2 Å². The number of carbonyl (C=O) groups excluding carboxylic acids is 1. The van der Waals surface area contributed by atoms with Gasteiger partial charge in [0.1, 0.15) is 11.6 Å². The minimum atomic E-state index is -4.81. The smallest absolute Gasteiger partial charge is 0.406 e. The van der Waals surface area contributed by atoms with Crippen molar-refractivity contribution >= 4 is 23.4 Å². The fraction of sp³-hybridized carbons (Fsp3) is 0.190. The predicted molar refractivity (Wildman–Crippen MR) is 110 cm³/mol. The van der Waals surface area contributed by atoms with Crippen LogP contribution in [0.25, 0.3) is 11.3 Å². The van der Waals surface area contributed by atoms with Gasteiger partial charge in [0.15, 0.2) is 0 Å². The monoisotopic (exact) mass is 429 g/mol. The van der Waals surface area contributed by atoms with E-state index < -0.39 is 12.3 Å². The minimum absolute atomic E-state index is 0.197. The average Bonchev–Trinajstić information content (AvgIpc) is 3.50. The van der Waals surface area contributed by atoms with E-state index in [0.717, 1.165) is 12.8 Å². The lowest BCUT2D eigenvalue weighted by molar-refractivity contribution is -0.274. The van der Waals surface area contributed by atoms with Gasteiger partial charge in [0.2, 0.25) is 5.95 Å². The molecule has 0 aliphatic heterocycles. The molecule has 1 aliphatic rings. The second kappa shape index (κ2) is 8.13. The zero-order chi connectivity index (χ0) is 22.0. The zero-order valence-electron chi connectivity index (χ0n) is 16.1. The van der Waals surface area contributed by atoms with Crippen LogP contribution in [0.4, 0.5) is 30.6 Å². The van der Waals surface area contributed by atoms with Crippen LogP contribution in [0.2, 0.25) is 0 Å². The molecule has 0 unspecified atom stereocenters. The van der Waals surface area contributed by atoms with Gasteiger partial charge in [-0.1, -0.05) is 18.2 Å². The third-order valence-electron chi connectivity index (χ3n) is 4.39. The lowest BCUT2D eigenvalue weighted by Crippen LogP contribution is -2.17. The van der Waals surface area contributed by atoms with Crippen molar-refractivity contribution in [3.63, 3.8) is 0 Å². The Morgan fingerprint density at radius 1 is 1.06 bits per heavy atom. The first kappa shape index (κ1) is 20.5. The molecule has 0 bridgehead atoms. The molecular weight excluding hydrogens is 411 g/mol. The number of nitrogens with two attached hydrogens (primary N) is 1. The summed E-state index contributed by atoms with van der Waals surface area (Å²) in [7, 11) is 0. The molecule has 1 aromatic heterocycles. The summed E-state index contributed by atoms with van der Waals surface area (Å²) in [6.07, 6.45) is -2.87. The number of benzene rings is 2. The Labute approximate surface area is 175 Å². The molecule has 1 fully saturated rings. The highest BCUT2D eigenvalue weighted by molar-refractivity contribution is 6.04.